The highest BCUT2D eigenvalue weighted by atomic mass is 127. The van der Waals surface area contributed by atoms with Crippen molar-refractivity contribution in [1.29, 1.82) is 0 Å². The second kappa shape index (κ2) is 9.94. The monoisotopic (exact) mass is 427 g/mol. The molecule has 6 heteroatoms. The predicted octanol–water partition coefficient (Wildman–Crippen LogP) is 3.43. The lowest BCUT2D eigenvalue weighted by molar-refractivity contribution is 0.326. The summed E-state index contributed by atoms with van der Waals surface area (Å²) >= 11 is 0. The number of ether oxygens (including phenoxy) is 2. The SMILES string of the molecule is COc1cccc(NC(N)=NCCOc2ccccc2C)c1.I. The van der Waals surface area contributed by atoms with Crippen LogP contribution in [0.15, 0.2) is 53.5 Å². The molecule has 0 aromatic heterocycles. The van der Waals surface area contributed by atoms with Crippen molar-refractivity contribution >= 4 is 35.6 Å². The van der Waals surface area contributed by atoms with Crippen molar-refractivity contribution in [1.82, 2.24) is 0 Å². The van der Waals surface area contributed by atoms with Crippen molar-refractivity contribution in [2.75, 3.05) is 25.6 Å². The molecule has 0 aliphatic carbocycles. The molecule has 124 valence electrons. The number of rotatable bonds is 6. The molecule has 0 aliphatic heterocycles. The van der Waals surface area contributed by atoms with E-state index in [2.05, 4.69) is 10.3 Å². The van der Waals surface area contributed by atoms with Gasteiger partial charge in [-0.15, -0.1) is 24.0 Å². The Morgan fingerprint density at radius 3 is 2.70 bits per heavy atom. The number of methoxy groups -OCH3 is 1. The highest BCUT2D eigenvalue weighted by Gasteiger charge is 1.99. The molecule has 23 heavy (non-hydrogen) atoms. The molecule has 3 N–H and O–H groups in total. The average Bonchev–Trinajstić information content (AvgIpc) is 2.53. The number of guanidine groups is 1. The number of aliphatic imine (C=N–C) groups is 1. The molecule has 0 unspecified atom stereocenters. The molecule has 2 rings (SSSR count). The number of hydrogen-bond acceptors (Lipinski definition) is 3. The molecule has 0 heterocycles. The topological polar surface area (TPSA) is 68.9 Å². The lowest BCUT2D eigenvalue weighted by Gasteiger charge is -2.09. The van der Waals surface area contributed by atoms with Crippen LogP contribution in [-0.2, 0) is 0 Å². The van der Waals surface area contributed by atoms with E-state index >= 15 is 0 Å². The van der Waals surface area contributed by atoms with E-state index < -0.39 is 0 Å². The van der Waals surface area contributed by atoms with Gasteiger partial charge in [0.25, 0.3) is 0 Å². The Balaban J connectivity index is 0.00000264. The van der Waals surface area contributed by atoms with Gasteiger partial charge in [-0.3, -0.25) is 0 Å². The van der Waals surface area contributed by atoms with Crippen molar-refractivity contribution in [2.45, 2.75) is 6.92 Å². The number of halogens is 1. The van der Waals surface area contributed by atoms with Gasteiger partial charge in [-0.05, 0) is 30.7 Å². The number of nitrogens with two attached hydrogens (primary N) is 1. The fraction of sp³-hybridized carbons (Fsp3) is 0.235. The molecule has 0 amide bonds. The third kappa shape index (κ3) is 6.35. The molecule has 0 spiro atoms. The minimum Gasteiger partial charge on any atom is -0.497 e. The average molecular weight is 427 g/mol. The maximum atomic E-state index is 5.85. The molecule has 2 aromatic rings. The van der Waals surface area contributed by atoms with Gasteiger partial charge in [0.05, 0.1) is 13.7 Å². The fourth-order valence-electron chi connectivity index (χ4n) is 1.93. The van der Waals surface area contributed by atoms with Gasteiger partial charge in [-0.1, -0.05) is 24.3 Å². The summed E-state index contributed by atoms with van der Waals surface area (Å²) in [6.07, 6.45) is 0. The fourth-order valence-corrected chi connectivity index (χ4v) is 1.93. The van der Waals surface area contributed by atoms with Crippen LogP contribution in [0.1, 0.15) is 5.56 Å². The highest BCUT2D eigenvalue weighted by Crippen LogP contribution is 2.17. The van der Waals surface area contributed by atoms with Gasteiger partial charge in [-0.25, -0.2) is 4.99 Å². The molecule has 0 saturated carbocycles. The van der Waals surface area contributed by atoms with E-state index in [-0.39, 0.29) is 24.0 Å². The highest BCUT2D eigenvalue weighted by molar-refractivity contribution is 14.0. The van der Waals surface area contributed by atoms with E-state index in [0.717, 1.165) is 22.7 Å². The number of aryl methyl sites for hydroxylation is 1. The van der Waals surface area contributed by atoms with Crippen LogP contribution in [0, 0.1) is 6.92 Å². The summed E-state index contributed by atoms with van der Waals surface area (Å²) in [7, 11) is 1.62. The first-order valence-corrected chi connectivity index (χ1v) is 7.08. The summed E-state index contributed by atoms with van der Waals surface area (Å²) in [6.45, 7) is 2.97. The van der Waals surface area contributed by atoms with Gasteiger partial charge >= 0.3 is 0 Å². The molecule has 5 nitrogen and oxygen atoms in total. The molecule has 0 radical (unpaired) electrons. The Kier molecular flexibility index (Phi) is 8.25. The van der Waals surface area contributed by atoms with Crippen LogP contribution in [0.3, 0.4) is 0 Å². The van der Waals surface area contributed by atoms with E-state index in [1.165, 1.54) is 0 Å². The smallest absolute Gasteiger partial charge is 0.193 e. The molecule has 0 bridgehead atoms. The third-order valence-corrected chi connectivity index (χ3v) is 3.07. The maximum absolute atomic E-state index is 5.85. The largest absolute Gasteiger partial charge is 0.497 e. The van der Waals surface area contributed by atoms with Gasteiger partial charge in [0.15, 0.2) is 5.96 Å². The molecule has 0 atom stereocenters. The maximum Gasteiger partial charge on any atom is 0.193 e. The van der Waals surface area contributed by atoms with Gasteiger partial charge in [0.2, 0.25) is 0 Å². The second-order valence-corrected chi connectivity index (χ2v) is 4.74. The lowest BCUT2D eigenvalue weighted by atomic mass is 10.2. The van der Waals surface area contributed by atoms with Gasteiger partial charge < -0.3 is 20.5 Å². The summed E-state index contributed by atoms with van der Waals surface area (Å²) < 4.78 is 10.8. The number of nitrogens with zero attached hydrogens (tertiary/aromatic N) is 1. The Morgan fingerprint density at radius 2 is 1.96 bits per heavy atom. The third-order valence-electron chi connectivity index (χ3n) is 3.07. The normalized spacial score (nSPS) is 10.6. The number of hydrogen-bond donors (Lipinski definition) is 2. The summed E-state index contributed by atoms with van der Waals surface area (Å²) in [4.78, 5) is 4.24. The standard InChI is InChI=1S/C17H21N3O2.HI/c1-13-6-3-4-9-16(13)22-11-10-19-17(18)20-14-7-5-8-15(12-14)21-2;/h3-9,12H,10-11H2,1-2H3,(H3,18,19,20);1H. The molecule has 2 aromatic carbocycles. The summed E-state index contributed by atoms with van der Waals surface area (Å²) in [6, 6.07) is 15.4. The van der Waals surface area contributed by atoms with Crippen molar-refractivity contribution in [2.24, 2.45) is 10.7 Å². The van der Waals surface area contributed by atoms with E-state index in [1.807, 2.05) is 55.5 Å². The first kappa shape index (κ1) is 19.1. The van der Waals surface area contributed by atoms with Gasteiger partial charge in [-0.2, -0.15) is 0 Å². The Bertz CT molecular complexity index is 647. The summed E-state index contributed by atoms with van der Waals surface area (Å²) in [5.74, 6) is 1.99. The molecule has 0 aliphatic rings. The Hall–Kier alpha value is -1.96. The molecular formula is C17H22IN3O2. The number of benzene rings is 2. The van der Waals surface area contributed by atoms with Crippen LogP contribution >= 0.6 is 24.0 Å². The zero-order chi connectivity index (χ0) is 15.8. The number of anilines is 1. The summed E-state index contributed by atoms with van der Waals surface area (Å²) in [5, 5.41) is 3.02. The zero-order valence-corrected chi connectivity index (χ0v) is 15.6. The minimum atomic E-state index is 0. The zero-order valence-electron chi connectivity index (χ0n) is 13.3. The van der Waals surface area contributed by atoms with Crippen LogP contribution in [0.4, 0.5) is 5.69 Å². The van der Waals surface area contributed by atoms with E-state index in [1.54, 1.807) is 7.11 Å². The van der Waals surface area contributed by atoms with Gasteiger partial charge in [0.1, 0.15) is 18.1 Å². The van der Waals surface area contributed by atoms with Crippen molar-refractivity contribution in [3.05, 3.63) is 54.1 Å². The Labute approximate surface area is 153 Å². The van der Waals surface area contributed by atoms with Crippen molar-refractivity contribution in [3.8, 4) is 11.5 Å². The van der Waals surface area contributed by atoms with E-state index in [0.29, 0.717) is 19.1 Å². The quantitative estimate of drug-likeness (QED) is 0.321. The van der Waals surface area contributed by atoms with Crippen molar-refractivity contribution < 1.29 is 9.47 Å². The first-order valence-electron chi connectivity index (χ1n) is 7.08. The Morgan fingerprint density at radius 1 is 1.17 bits per heavy atom. The van der Waals surface area contributed by atoms with E-state index in [4.69, 9.17) is 15.2 Å². The van der Waals surface area contributed by atoms with Crippen LogP contribution < -0.4 is 20.5 Å². The summed E-state index contributed by atoms with van der Waals surface area (Å²) in [5.41, 5.74) is 7.79. The molecular weight excluding hydrogens is 405 g/mol. The van der Waals surface area contributed by atoms with Crippen LogP contribution in [-0.4, -0.2) is 26.2 Å². The molecule has 0 saturated heterocycles. The first-order chi connectivity index (χ1) is 10.7. The molecule has 0 fully saturated rings. The van der Waals surface area contributed by atoms with Crippen LogP contribution in [0.5, 0.6) is 11.5 Å². The van der Waals surface area contributed by atoms with Crippen LogP contribution in [0.2, 0.25) is 0 Å². The number of para-hydroxylation sites is 1. The minimum absolute atomic E-state index is 0. The van der Waals surface area contributed by atoms with Crippen LogP contribution in [0.25, 0.3) is 0 Å². The lowest BCUT2D eigenvalue weighted by Crippen LogP contribution is -2.23. The number of nitrogens with one attached hydrogen (secondary N) is 1. The van der Waals surface area contributed by atoms with Gasteiger partial charge in [0, 0.05) is 11.8 Å². The second-order valence-electron chi connectivity index (χ2n) is 4.74. The predicted molar refractivity (Wildman–Crippen MR) is 105 cm³/mol. The van der Waals surface area contributed by atoms with E-state index in [9.17, 15) is 0 Å². The van der Waals surface area contributed by atoms with Crippen molar-refractivity contribution in [3.63, 3.8) is 0 Å².